The number of aromatic carboxylic acids is 1. The van der Waals surface area contributed by atoms with Gasteiger partial charge in [-0.1, -0.05) is 42.5 Å². The van der Waals surface area contributed by atoms with Crippen LogP contribution >= 0.6 is 0 Å². The number of amides is 3. The molecule has 2 aromatic carbocycles. The number of rotatable bonds is 3. The molecule has 1 heterocycles. The number of benzene rings is 2. The predicted molar refractivity (Wildman–Crippen MR) is 77.3 cm³/mol. The first-order valence-electron chi connectivity index (χ1n) is 6.57. The highest BCUT2D eigenvalue weighted by atomic mass is 16.4. The number of carbonyl (C=O) groups excluding carboxylic acids is 2. The number of carboxylic acids is 1. The summed E-state index contributed by atoms with van der Waals surface area (Å²) in [5.74, 6) is -1.64. The molecule has 0 spiro atoms. The van der Waals surface area contributed by atoms with Crippen molar-refractivity contribution in [2.75, 3.05) is 0 Å². The van der Waals surface area contributed by atoms with Crippen molar-refractivity contribution in [2.45, 2.75) is 5.54 Å². The van der Waals surface area contributed by atoms with E-state index >= 15 is 0 Å². The summed E-state index contributed by atoms with van der Waals surface area (Å²) in [4.78, 5) is 35.3. The number of carbonyl (C=O) groups is 3. The van der Waals surface area contributed by atoms with Crippen LogP contribution in [0.25, 0.3) is 0 Å². The summed E-state index contributed by atoms with van der Waals surface area (Å²) in [6.45, 7) is 0. The number of nitrogens with one attached hydrogen (secondary N) is 2. The van der Waals surface area contributed by atoms with Crippen molar-refractivity contribution in [1.29, 1.82) is 0 Å². The van der Waals surface area contributed by atoms with E-state index in [9.17, 15) is 14.4 Å². The number of hydrogen-bond donors (Lipinski definition) is 3. The van der Waals surface area contributed by atoms with E-state index in [-0.39, 0.29) is 5.56 Å². The van der Waals surface area contributed by atoms with Crippen LogP contribution < -0.4 is 10.6 Å². The molecule has 1 fully saturated rings. The van der Waals surface area contributed by atoms with Gasteiger partial charge in [-0.2, -0.15) is 0 Å². The number of urea groups is 1. The molecule has 0 aromatic heterocycles. The van der Waals surface area contributed by atoms with Crippen LogP contribution in [-0.2, 0) is 10.3 Å². The van der Waals surface area contributed by atoms with Crippen molar-refractivity contribution in [3.63, 3.8) is 0 Å². The van der Waals surface area contributed by atoms with Gasteiger partial charge in [0.05, 0.1) is 5.56 Å². The van der Waals surface area contributed by atoms with E-state index in [4.69, 9.17) is 5.11 Å². The quantitative estimate of drug-likeness (QED) is 0.747. The molecule has 3 N–H and O–H groups in total. The minimum Gasteiger partial charge on any atom is -0.478 e. The third kappa shape index (κ3) is 2.01. The number of imide groups is 1. The second kappa shape index (κ2) is 5.00. The van der Waals surface area contributed by atoms with Crippen LogP contribution in [0, 0.1) is 0 Å². The van der Waals surface area contributed by atoms with Gasteiger partial charge in [0.25, 0.3) is 5.91 Å². The monoisotopic (exact) mass is 296 g/mol. The van der Waals surface area contributed by atoms with Crippen molar-refractivity contribution >= 4 is 17.9 Å². The van der Waals surface area contributed by atoms with Gasteiger partial charge in [0.1, 0.15) is 0 Å². The molecule has 22 heavy (non-hydrogen) atoms. The van der Waals surface area contributed by atoms with Gasteiger partial charge < -0.3 is 10.4 Å². The smallest absolute Gasteiger partial charge is 0.335 e. The normalized spacial score (nSPS) is 20.4. The maximum absolute atomic E-state index is 12.4. The molecule has 3 amide bonds. The van der Waals surface area contributed by atoms with Crippen LogP contribution in [-0.4, -0.2) is 23.0 Å². The molecule has 0 radical (unpaired) electrons. The molecule has 2 aromatic rings. The molecule has 0 aliphatic carbocycles. The third-order valence-electron chi connectivity index (χ3n) is 3.62. The molecule has 1 atom stereocenters. The van der Waals surface area contributed by atoms with Crippen LogP contribution in [0.5, 0.6) is 0 Å². The van der Waals surface area contributed by atoms with E-state index < -0.39 is 23.4 Å². The zero-order valence-electron chi connectivity index (χ0n) is 11.4. The molecule has 6 heteroatoms. The lowest BCUT2D eigenvalue weighted by Crippen LogP contribution is -2.44. The standard InChI is InChI=1S/C16H12N2O4/c19-13(20)10-5-4-8-12(9-10)16(11-6-2-1-3-7-11)14(21)17-15(22)18-16/h1-9H,(H,19,20)(H2,17,18,21,22). The fraction of sp³-hybridized carbons (Fsp3) is 0.0625. The van der Waals surface area contributed by atoms with Crippen LogP contribution in [0.3, 0.4) is 0 Å². The molecule has 1 aliphatic heterocycles. The Hall–Kier alpha value is -3.15. The lowest BCUT2D eigenvalue weighted by atomic mass is 9.82. The Balaban J connectivity index is 2.24. The lowest BCUT2D eigenvalue weighted by Gasteiger charge is -2.27. The van der Waals surface area contributed by atoms with Gasteiger partial charge in [0, 0.05) is 0 Å². The first-order chi connectivity index (χ1) is 10.5. The highest BCUT2D eigenvalue weighted by Gasteiger charge is 2.49. The molecule has 0 saturated carbocycles. The van der Waals surface area contributed by atoms with E-state index in [2.05, 4.69) is 10.6 Å². The molecule has 1 unspecified atom stereocenters. The fourth-order valence-electron chi connectivity index (χ4n) is 2.60. The minimum atomic E-state index is -1.43. The molecule has 110 valence electrons. The van der Waals surface area contributed by atoms with Gasteiger partial charge in [0.2, 0.25) is 0 Å². The Morgan fingerprint density at radius 3 is 2.23 bits per heavy atom. The largest absolute Gasteiger partial charge is 0.478 e. The van der Waals surface area contributed by atoms with Gasteiger partial charge in [0.15, 0.2) is 5.54 Å². The third-order valence-corrected chi connectivity index (χ3v) is 3.62. The van der Waals surface area contributed by atoms with E-state index in [1.807, 2.05) is 0 Å². The topological polar surface area (TPSA) is 95.5 Å². The van der Waals surface area contributed by atoms with Crippen LogP contribution in [0.1, 0.15) is 21.5 Å². The summed E-state index contributed by atoms with van der Waals surface area (Å²) in [6.07, 6.45) is 0. The van der Waals surface area contributed by atoms with Crippen LogP contribution in [0.15, 0.2) is 54.6 Å². The first kappa shape index (κ1) is 13.8. The zero-order chi connectivity index (χ0) is 15.7. The Morgan fingerprint density at radius 2 is 1.64 bits per heavy atom. The summed E-state index contributed by atoms with van der Waals surface area (Å²) in [7, 11) is 0. The molecular formula is C16H12N2O4. The second-order valence-corrected chi connectivity index (χ2v) is 4.91. The summed E-state index contributed by atoms with van der Waals surface area (Å²) >= 11 is 0. The second-order valence-electron chi connectivity index (χ2n) is 4.91. The Bertz CT molecular complexity index is 773. The maximum Gasteiger partial charge on any atom is 0.335 e. The van der Waals surface area contributed by atoms with Crippen molar-refractivity contribution < 1.29 is 19.5 Å². The average Bonchev–Trinajstić information content (AvgIpc) is 2.84. The fourth-order valence-corrected chi connectivity index (χ4v) is 2.60. The molecule has 1 saturated heterocycles. The van der Waals surface area contributed by atoms with E-state index in [1.165, 1.54) is 12.1 Å². The molecule has 3 rings (SSSR count). The van der Waals surface area contributed by atoms with Crippen molar-refractivity contribution in [3.05, 3.63) is 71.3 Å². The summed E-state index contributed by atoms with van der Waals surface area (Å²) in [5, 5.41) is 14.0. The average molecular weight is 296 g/mol. The molecule has 1 aliphatic rings. The summed E-state index contributed by atoms with van der Waals surface area (Å²) < 4.78 is 0. The molecule has 0 bridgehead atoms. The van der Waals surface area contributed by atoms with Crippen LogP contribution in [0.2, 0.25) is 0 Å². The first-order valence-corrected chi connectivity index (χ1v) is 6.57. The number of hydrogen-bond acceptors (Lipinski definition) is 3. The van der Waals surface area contributed by atoms with Crippen molar-refractivity contribution in [1.82, 2.24) is 10.6 Å². The van der Waals surface area contributed by atoms with Gasteiger partial charge in [-0.15, -0.1) is 0 Å². The molecule has 6 nitrogen and oxygen atoms in total. The van der Waals surface area contributed by atoms with E-state index in [0.717, 1.165) is 0 Å². The van der Waals surface area contributed by atoms with Gasteiger partial charge in [-0.3, -0.25) is 10.1 Å². The lowest BCUT2D eigenvalue weighted by molar-refractivity contribution is -0.122. The SMILES string of the molecule is O=C1NC(=O)C(c2ccccc2)(c2cccc(C(=O)O)c2)N1. The minimum absolute atomic E-state index is 0.0433. The maximum atomic E-state index is 12.4. The Labute approximate surface area is 125 Å². The number of carboxylic acid groups (broad SMARTS) is 1. The van der Waals surface area contributed by atoms with Gasteiger partial charge in [-0.05, 0) is 23.3 Å². The Morgan fingerprint density at radius 1 is 0.955 bits per heavy atom. The van der Waals surface area contributed by atoms with Crippen LogP contribution in [0.4, 0.5) is 4.79 Å². The van der Waals surface area contributed by atoms with E-state index in [0.29, 0.717) is 11.1 Å². The summed E-state index contributed by atoms with van der Waals surface area (Å²) in [5.41, 5.74) is -0.436. The van der Waals surface area contributed by atoms with Crippen molar-refractivity contribution in [3.8, 4) is 0 Å². The highest BCUT2D eigenvalue weighted by Crippen LogP contribution is 2.33. The van der Waals surface area contributed by atoms with Crippen molar-refractivity contribution in [2.24, 2.45) is 0 Å². The Kier molecular flexibility index (Phi) is 3.14. The predicted octanol–water partition coefficient (Wildman–Crippen LogP) is 1.47. The van der Waals surface area contributed by atoms with E-state index in [1.54, 1.807) is 42.5 Å². The van der Waals surface area contributed by atoms with Gasteiger partial charge in [-0.25, -0.2) is 9.59 Å². The molecular weight excluding hydrogens is 284 g/mol. The highest BCUT2D eigenvalue weighted by molar-refractivity contribution is 6.09. The van der Waals surface area contributed by atoms with Gasteiger partial charge >= 0.3 is 12.0 Å². The zero-order valence-corrected chi connectivity index (χ0v) is 11.4. The summed E-state index contributed by atoms with van der Waals surface area (Å²) in [6, 6.07) is 14.1.